The molecule has 2 rings (SSSR count). The summed E-state index contributed by atoms with van der Waals surface area (Å²) in [6.45, 7) is 13.6. The van der Waals surface area contributed by atoms with Gasteiger partial charge in [-0.2, -0.15) is 0 Å². The second kappa shape index (κ2) is 15.4. The number of phenolic OH excluding ortho intramolecular Hbond substituents is 1. The van der Waals surface area contributed by atoms with E-state index >= 15 is 0 Å². The van der Waals surface area contributed by atoms with Gasteiger partial charge in [0.15, 0.2) is 0 Å². The van der Waals surface area contributed by atoms with E-state index in [9.17, 15) is 5.11 Å². The van der Waals surface area contributed by atoms with Crippen LogP contribution < -0.4 is 0 Å². The van der Waals surface area contributed by atoms with E-state index in [1.807, 2.05) is 0 Å². The highest BCUT2D eigenvalue weighted by atomic mass is 16.3. The zero-order valence-electron chi connectivity index (χ0n) is 23.8. The molecule has 0 aliphatic rings. The number of unbranched alkanes of at least 4 members (excludes halogenated alkanes) is 11. The summed E-state index contributed by atoms with van der Waals surface area (Å²) in [6.07, 6.45) is 17.7. The summed E-state index contributed by atoms with van der Waals surface area (Å²) in [5, 5.41) is 11.4. The van der Waals surface area contributed by atoms with E-state index in [0.29, 0.717) is 11.7 Å². The molecule has 0 amide bonds. The van der Waals surface area contributed by atoms with Crippen molar-refractivity contribution >= 4 is 0 Å². The van der Waals surface area contributed by atoms with Gasteiger partial charge in [0.2, 0.25) is 0 Å². The van der Waals surface area contributed by atoms with Crippen LogP contribution in [0.3, 0.4) is 0 Å². The van der Waals surface area contributed by atoms with Crippen molar-refractivity contribution < 1.29 is 5.11 Å². The van der Waals surface area contributed by atoms with Gasteiger partial charge >= 0.3 is 0 Å². The van der Waals surface area contributed by atoms with Crippen molar-refractivity contribution in [2.45, 2.75) is 142 Å². The zero-order chi connectivity index (χ0) is 25.7. The minimum Gasteiger partial charge on any atom is -0.507 e. The van der Waals surface area contributed by atoms with E-state index in [2.05, 4.69) is 84.0 Å². The Morgan fingerprint density at radius 3 is 1.69 bits per heavy atom. The fourth-order valence-electron chi connectivity index (χ4n) is 5.19. The number of rotatable bonds is 16. The van der Waals surface area contributed by atoms with Crippen molar-refractivity contribution in [2.75, 3.05) is 0 Å². The highest BCUT2D eigenvalue weighted by Gasteiger charge is 2.24. The van der Waals surface area contributed by atoms with Crippen LogP contribution in [0.5, 0.6) is 5.75 Å². The van der Waals surface area contributed by atoms with Gasteiger partial charge in [-0.1, -0.05) is 161 Å². The fourth-order valence-corrected chi connectivity index (χ4v) is 5.19. The van der Waals surface area contributed by atoms with Gasteiger partial charge in [0, 0.05) is 11.5 Å². The maximum atomic E-state index is 11.4. The third-order valence-corrected chi connectivity index (χ3v) is 7.82. The first kappa shape index (κ1) is 29.5. The first-order chi connectivity index (χ1) is 16.8. The Labute approximate surface area is 217 Å². The van der Waals surface area contributed by atoms with Crippen LogP contribution in [0.2, 0.25) is 0 Å². The van der Waals surface area contributed by atoms with Crippen LogP contribution >= 0.6 is 0 Å². The molecule has 2 aromatic carbocycles. The summed E-state index contributed by atoms with van der Waals surface area (Å²) in [5.74, 6) is 1.07. The lowest BCUT2D eigenvalue weighted by atomic mass is 9.79. The Kier molecular flexibility index (Phi) is 12.9. The van der Waals surface area contributed by atoms with Gasteiger partial charge in [0.1, 0.15) is 5.75 Å². The summed E-state index contributed by atoms with van der Waals surface area (Å²) in [4.78, 5) is 0. The average molecular weight is 479 g/mol. The first-order valence-corrected chi connectivity index (χ1v) is 14.7. The Hall–Kier alpha value is -1.76. The molecule has 0 saturated heterocycles. The molecule has 1 heteroatoms. The summed E-state index contributed by atoms with van der Waals surface area (Å²) in [7, 11) is 0. The lowest BCUT2D eigenvalue weighted by Gasteiger charge is -2.26. The molecule has 0 aromatic heterocycles. The molecular weight excluding hydrogens is 424 g/mol. The molecule has 0 spiro atoms. The van der Waals surface area contributed by atoms with Gasteiger partial charge in [-0.25, -0.2) is 0 Å². The molecule has 0 saturated carbocycles. The molecule has 0 heterocycles. The number of benzene rings is 2. The van der Waals surface area contributed by atoms with Crippen LogP contribution in [0, 0.1) is 0 Å². The molecule has 1 N–H and O–H groups in total. The van der Waals surface area contributed by atoms with Crippen molar-refractivity contribution in [1.82, 2.24) is 0 Å². The molecule has 2 unspecified atom stereocenters. The maximum Gasteiger partial charge on any atom is 0.122 e. The normalized spacial score (nSPS) is 13.7. The standard InChI is InChI=1S/C34H54O/c1-7-8-9-10-11-12-13-14-15-16-17-19-22-27(2)31-25-30(34(4,5)6)26-32(33(31)35)28(3)29-23-20-18-21-24-29/h18,20-21,23-28,35H,7-17,19,22H2,1-6H3. The monoisotopic (exact) mass is 478 g/mol. The van der Waals surface area contributed by atoms with Crippen molar-refractivity contribution in [3.05, 3.63) is 64.7 Å². The van der Waals surface area contributed by atoms with Crippen LogP contribution in [0.1, 0.15) is 159 Å². The number of phenols is 1. The second-order valence-electron chi connectivity index (χ2n) is 12.0. The van der Waals surface area contributed by atoms with Crippen molar-refractivity contribution in [2.24, 2.45) is 0 Å². The molecule has 35 heavy (non-hydrogen) atoms. The third kappa shape index (κ3) is 10.0. The highest BCUT2D eigenvalue weighted by Crippen LogP contribution is 2.41. The SMILES string of the molecule is CCCCCCCCCCCCCCC(C)c1cc(C(C)(C)C)cc(C(C)c2ccccc2)c1O. The molecule has 0 fully saturated rings. The predicted molar refractivity (Wildman–Crippen MR) is 155 cm³/mol. The van der Waals surface area contributed by atoms with E-state index in [1.165, 1.54) is 88.2 Å². The quantitative estimate of drug-likeness (QED) is 0.238. The Morgan fingerprint density at radius 2 is 1.17 bits per heavy atom. The van der Waals surface area contributed by atoms with Gasteiger partial charge < -0.3 is 5.11 Å². The zero-order valence-corrected chi connectivity index (χ0v) is 23.8. The van der Waals surface area contributed by atoms with Gasteiger partial charge in [-0.15, -0.1) is 0 Å². The van der Waals surface area contributed by atoms with Crippen LogP contribution in [0.25, 0.3) is 0 Å². The molecule has 0 aliphatic carbocycles. The molecule has 2 aromatic rings. The van der Waals surface area contributed by atoms with Gasteiger partial charge in [0.05, 0.1) is 0 Å². The number of hydrogen-bond donors (Lipinski definition) is 1. The predicted octanol–water partition coefficient (Wildman–Crippen LogP) is 11.0. The van der Waals surface area contributed by atoms with Gasteiger partial charge in [-0.3, -0.25) is 0 Å². The Morgan fingerprint density at radius 1 is 0.686 bits per heavy atom. The fraction of sp³-hybridized carbons (Fsp3) is 0.647. The van der Waals surface area contributed by atoms with E-state index in [4.69, 9.17) is 0 Å². The van der Waals surface area contributed by atoms with E-state index in [1.54, 1.807) is 0 Å². The largest absolute Gasteiger partial charge is 0.507 e. The summed E-state index contributed by atoms with van der Waals surface area (Å²) >= 11 is 0. The molecule has 0 bridgehead atoms. The van der Waals surface area contributed by atoms with Crippen LogP contribution in [0.15, 0.2) is 42.5 Å². The average Bonchev–Trinajstić information content (AvgIpc) is 2.84. The Balaban J connectivity index is 1.89. The van der Waals surface area contributed by atoms with Crippen molar-refractivity contribution in [1.29, 1.82) is 0 Å². The van der Waals surface area contributed by atoms with Crippen molar-refractivity contribution in [3.63, 3.8) is 0 Å². The minimum atomic E-state index is 0.0589. The molecule has 2 atom stereocenters. The van der Waals surface area contributed by atoms with Crippen LogP contribution in [-0.4, -0.2) is 5.11 Å². The molecule has 196 valence electrons. The van der Waals surface area contributed by atoms with E-state index in [0.717, 1.165) is 17.5 Å². The number of hydrogen-bond acceptors (Lipinski definition) is 1. The maximum absolute atomic E-state index is 11.4. The summed E-state index contributed by atoms with van der Waals surface area (Å²) < 4.78 is 0. The van der Waals surface area contributed by atoms with Crippen LogP contribution in [0.4, 0.5) is 0 Å². The smallest absolute Gasteiger partial charge is 0.122 e. The number of aromatic hydroxyl groups is 1. The highest BCUT2D eigenvalue weighted by molar-refractivity contribution is 5.51. The third-order valence-electron chi connectivity index (χ3n) is 7.82. The summed E-state index contributed by atoms with van der Waals surface area (Å²) in [6, 6.07) is 15.1. The molecule has 1 nitrogen and oxygen atoms in total. The second-order valence-corrected chi connectivity index (χ2v) is 12.0. The van der Waals surface area contributed by atoms with Crippen LogP contribution in [-0.2, 0) is 5.41 Å². The van der Waals surface area contributed by atoms with E-state index in [-0.39, 0.29) is 11.3 Å². The Bertz CT molecular complexity index is 830. The van der Waals surface area contributed by atoms with Gasteiger partial charge in [0.25, 0.3) is 0 Å². The lowest BCUT2D eigenvalue weighted by molar-refractivity contribution is 0.446. The minimum absolute atomic E-state index is 0.0589. The van der Waals surface area contributed by atoms with Crippen molar-refractivity contribution in [3.8, 4) is 5.75 Å². The van der Waals surface area contributed by atoms with E-state index < -0.39 is 0 Å². The molecule has 0 aliphatic heterocycles. The topological polar surface area (TPSA) is 20.2 Å². The summed E-state index contributed by atoms with van der Waals surface area (Å²) in [5.41, 5.74) is 4.85. The van der Waals surface area contributed by atoms with Gasteiger partial charge in [-0.05, 0) is 34.4 Å². The lowest BCUT2D eigenvalue weighted by Crippen LogP contribution is -2.14. The molecular formula is C34H54O. The molecule has 0 radical (unpaired) electrons. The first-order valence-electron chi connectivity index (χ1n) is 14.7.